The maximum absolute atomic E-state index is 13.2. The number of piperazine rings is 1. The minimum Gasteiger partial charge on any atom is -0.493 e. The van der Waals surface area contributed by atoms with Gasteiger partial charge in [-0.2, -0.15) is 0 Å². The molecule has 1 N–H and O–H groups in total. The van der Waals surface area contributed by atoms with Crippen molar-refractivity contribution in [3.8, 4) is 5.75 Å². The number of esters is 1. The van der Waals surface area contributed by atoms with Crippen LogP contribution in [-0.4, -0.2) is 55.0 Å². The number of amides is 2. The smallest absolute Gasteiger partial charge is 0.308 e. The Morgan fingerprint density at radius 1 is 1.25 bits per heavy atom. The maximum atomic E-state index is 13.2. The second-order valence-corrected chi connectivity index (χ2v) is 7.49. The van der Waals surface area contributed by atoms with Crippen LogP contribution in [0, 0.1) is 0 Å². The van der Waals surface area contributed by atoms with Crippen LogP contribution in [0.5, 0.6) is 5.75 Å². The van der Waals surface area contributed by atoms with Crippen LogP contribution in [0.4, 0.5) is 0 Å². The van der Waals surface area contributed by atoms with Gasteiger partial charge in [0.25, 0.3) is 5.91 Å². The van der Waals surface area contributed by atoms with E-state index in [1.165, 1.54) is 4.90 Å². The third-order valence-corrected chi connectivity index (χ3v) is 4.84. The van der Waals surface area contributed by atoms with E-state index in [9.17, 15) is 14.4 Å². The second kappa shape index (κ2) is 11.0. The van der Waals surface area contributed by atoms with Crippen molar-refractivity contribution in [2.45, 2.75) is 45.6 Å². The molecule has 1 heterocycles. The average molecular weight is 455 g/mol. The monoisotopic (exact) mass is 454 g/mol. The molecule has 1 atom stereocenters. The summed E-state index contributed by atoms with van der Waals surface area (Å²) >= 11 is 3.39. The molecule has 0 unspecified atom stereocenters. The van der Waals surface area contributed by atoms with Gasteiger partial charge in [-0.05, 0) is 31.0 Å². The van der Waals surface area contributed by atoms with Gasteiger partial charge in [-0.3, -0.25) is 14.4 Å². The number of hydrogen-bond donors (Lipinski definition) is 1. The standard InChI is InChI=1S/C20H27BrN2O5/c1-3-5-11-27-17-7-6-14(21)12-15(17)20(26)23-9-8-22-19(25)16(23)13-18(24)28-10-4-2/h6-7,12,16H,3-5,8-11,13H2,1-2H3,(H,22,25)/t16-/m0/s1. The molecular weight excluding hydrogens is 428 g/mol. The highest BCUT2D eigenvalue weighted by Gasteiger charge is 2.36. The molecule has 2 amide bonds. The van der Waals surface area contributed by atoms with Crippen LogP contribution in [0.15, 0.2) is 22.7 Å². The van der Waals surface area contributed by atoms with Gasteiger partial charge in [0.1, 0.15) is 11.8 Å². The third kappa shape index (κ3) is 5.95. The number of benzene rings is 1. The fourth-order valence-electron chi connectivity index (χ4n) is 2.87. The Hall–Kier alpha value is -2.09. The maximum Gasteiger partial charge on any atom is 0.308 e. The van der Waals surface area contributed by atoms with Crippen molar-refractivity contribution >= 4 is 33.7 Å². The molecule has 28 heavy (non-hydrogen) atoms. The summed E-state index contributed by atoms with van der Waals surface area (Å²) in [4.78, 5) is 39.1. The van der Waals surface area contributed by atoms with Crippen molar-refractivity contribution in [3.05, 3.63) is 28.2 Å². The predicted molar refractivity (Wildman–Crippen MR) is 108 cm³/mol. The predicted octanol–water partition coefficient (Wildman–Crippen LogP) is 2.91. The highest BCUT2D eigenvalue weighted by Crippen LogP contribution is 2.26. The van der Waals surface area contributed by atoms with E-state index in [0.717, 1.165) is 17.3 Å². The van der Waals surface area contributed by atoms with E-state index in [4.69, 9.17) is 9.47 Å². The summed E-state index contributed by atoms with van der Waals surface area (Å²) in [5.41, 5.74) is 0.368. The Labute approximate surface area is 173 Å². The van der Waals surface area contributed by atoms with Gasteiger partial charge < -0.3 is 19.7 Å². The zero-order valence-corrected chi connectivity index (χ0v) is 17.9. The van der Waals surface area contributed by atoms with E-state index in [2.05, 4.69) is 28.2 Å². The average Bonchev–Trinajstić information content (AvgIpc) is 2.68. The molecule has 2 rings (SSSR count). The fraction of sp³-hybridized carbons (Fsp3) is 0.550. The number of hydrogen-bond acceptors (Lipinski definition) is 5. The van der Waals surface area contributed by atoms with Crippen LogP contribution >= 0.6 is 15.9 Å². The second-order valence-electron chi connectivity index (χ2n) is 6.57. The number of halogens is 1. The molecule has 0 aromatic heterocycles. The molecule has 0 saturated carbocycles. The van der Waals surface area contributed by atoms with E-state index >= 15 is 0 Å². The van der Waals surface area contributed by atoms with Crippen molar-refractivity contribution in [3.63, 3.8) is 0 Å². The molecule has 1 fully saturated rings. The first-order valence-corrected chi connectivity index (χ1v) is 10.4. The van der Waals surface area contributed by atoms with Crippen molar-refractivity contribution in [1.29, 1.82) is 0 Å². The Bertz CT molecular complexity index is 710. The molecule has 1 aromatic rings. The largest absolute Gasteiger partial charge is 0.493 e. The SMILES string of the molecule is CCCCOc1ccc(Br)cc1C(=O)N1CCNC(=O)[C@@H]1CC(=O)OCCC. The molecule has 1 aliphatic rings. The third-order valence-electron chi connectivity index (χ3n) is 4.35. The van der Waals surface area contributed by atoms with Crippen molar-refractivity contribution in [2.24, 2.45) is 0 Å². The first-order valence-electron chi connectivity index (χ1n) is 9.64. The number of nitrogens with zero attached hydrogens (tertiary/aromatic N) is 1. The van der Waals surface area contributed by atoms with E-state index in [1.807, 2.05) is 6.92 Å². The number of ether oxygens (including phenoxy) is 2. The van der Waals surface area contributed by atoms with Gasteiger partial charge in [0.2, 0.25) is 5.91 Å². The molecule has 1 aliphatic heterocycles. The lowest BCUT2D eigenvalue weighted by Crippen LogP contribution is -2.57. The van der Waals surface area contributed by atoms with E-state index < -0.39 is 12.0 Å². The number of carbonyl (C=O) groups excluding carboxylic acids is 3. The molecule has 0 spiro atoms. The normalized spacial score (nSPS) is 16.5. The first kappa shape index (κ1) is 22.2. The Morgan fingerprint density at radius 2 is 2.04 bits per heavy atom. The van der Waals surface area contributed by atoms with Gasteiger partial charge in [0.05, 0.1) is 25.2 Å². The minimum absolute atomic E-state index is 0.169. The summed E-state index contributed by atoms with van der Waals surface area (Å²) in [6.07, 6.45) is 2.38. The van der Waals surface area contributed by atoms with Gasteiger partial charge in [0.15, 0.2) is 0 Å². The fourth-order valence-corrected chi connectivity index (χ4v) is 3.23. The van der Waals surface area contributed by atoms with Crippen molar-refractivity contribution in [2.75, 3.05) is 26.3 Å². The number of nitrogens with one attached hydrogen (secondary N) is 1. The molecule has 8 heteroatoms. The highest BCUT2D eigenvalue weighted by atomic mass is 79.9. The molecule has 1 aromatic carbocycles. The lowest BCUT2D eigenvalue weighted by Gasteiger charge is -2.35. The summed E-state index contributed by atoms with van der Waals surface area (Å²) < 4.78 is 11.6. The summed E-state index contributed by atoms with van der Waals surface area (Å²) in [7, 11) is 0. The molecule has 0 aliphatic carbocycles. The van der Waals surface area contributed by atoms with Gasteiger partial charge in [0, 0.05) is 17.6 Å². The zero-order valence-electron chi connectivity index (χ0n) is 16.3. The molecule has 0 bridgehead atoms. The molecular formula is C20H27BrN2O5. The van der Waals surface area contributed by atoms with Crippen LogP contribution in [0.2, 0.25) is 0 Å². The van der Waals surface area contributed by atoms with Gasteiger partial charge in [-0.25, -0.2) is 0 Å². The van der Waals surface area contributed by atoms with Crippen LogP contribution in [0.3, 0.4) is 0 Å². The highest BCUT2D eigenvalue weighted by molar-refractivity contribution is 9.10. The molecule has 0 radical (unpaired) electrons. The van der Waals surface area contributed by atoms with Crippen LogP contribution in [0.1, 0.15) is 49.9 Å². The topological polar surface area (TPSA) is 84.9 Å². The molecule has 7 nitrogen and oxygen atoms in total. The van der Waals surface area contributed by atoms with Gasteiger partial charge in [-0.15, -0.1) is 0 Å². The van der Waals surface area contributed by atoms with Crippen LogP contribution < -0.4 is 10.1 Å². The van der Waals surface area contributed by atoms with E-state index in [-0.39, 0.29) is 18.2 Å². The van der Waals surface area contributed by atoms with Gasteiger partial charge in [-0.1, -0.05) is 36.2 Å². The number of rotatable bonds is 9. The zero-order chi connectivity index (χ0) is 20.5. The quantitative estimate of drug-likeness (QED) is 0.457. The first-order chi connectivity index (χ1) is 13.5. The summed E-state index contributed by atoms with van der Waals surface area (Å²) in [6, 6.07) is 4.33. The number of carbonyl (C=O) groups is 3. The summed E-state index contributed by atoms with van der Waals surface area (Å²) in [5, 5.41) is 2.72. The Balaban J connectivity index is 2.22. The Kier molecular flexibility index (Phi) is 8.76. The van der Waals surface area contributed by atoms with Crippen LogP contribution in [-0.2, 0) is 14.3 Å². The van der Waals surface area contributed by atoms with Crippen molar-refractivity contribution in [1.82, 2.24) is 10.2 Å². The lowest BCUT2D eigenvalue weighted by molar-refractivity contribution is -0.147. The summed E-state index contributed by atoms with van der Waals surface area (Å²) in [5.74, 6) is -0.706. The van der Waals surface area contributed by atoms with E-state index in [0.29, 0.717) is 44.0 Å². The minimum atomic E-state index is -0.895. The van der Waals surface area contributed by atoms with Crippen LogP contribution in [0.25, 0.3) is 0 Å². The van der Waals surface area contributed by atoms with E-state index in [1.54, 1.807) is 18.2 Å². The molecule has 1 saturated heterocycles. The Morgan fingerprint density at radius 3 is 2.75 bits per heavy atom. The lowest BCUT2D eigenvalue weighted by atomic mass is 10.1. The molecule has 154 valence electrons. The summed E-state index contributed by atoms with van der Waals surface area (Å²) in [6.45, 7) is 5.41. The van der Waals surface area contributed by atoms with Crippen molar-refractivity contribution < 1.29 is 23.9 Å². The van der Waals surface area contributed by atoms with Gasteiger partial charge >= 0.3 is 5.97 Å². The number of unbranched alkanes of at least 4 members (excludes halogenated alkanes) is 1.